The third-order valence-corrected chi connectivity index (χ3v) is 2.83. The summed E-state index contributed by atoms with van der Waals surface area (Å²) in [5.41, 5.74) is 1.33. The van der Waals surface area contributed by atoms with Gasteiger partial charge in [0.05, 0.1) is 10.6 Å². The Morgan fingerprint density at radius 2 is 2.24 bits per heavy atom. The number of nitriles is 1. The summed E-state index contributed by atoms with van der Waals surface area (Å²) in [6, 6.07) is 10.4. The first-order valence-electron chi connectivity index (χ1n) is 6.13. The lowest BCUT2D eigenvalue weighted by Crippen LogP contribution is -2.21. The number of carbonyl (C=O) groups excluding carboxylic acids is 1. The quantitative estimate of drug-likeness (QED) is 0.942. The molecule has 5 nitrogen and oxygen atoms in total. The number of nitrogens with zero attached hydrogens (tertiary/aromatic N) is 2. The zero-order valence-electron chi connectivity index (χ0n) is 11.3. The minimum absolute atomic E-state index is 0.206. The van der Waals surface area contributed by atoms with Gasteiger partial charge in [0.1, 0.15) is 17.6 Å². The van der Waals surface area contributed by atoms with Crippen LogP contribution in [-0.4, -0.2) is 17.5 Å². The molecule has 0 atom stereocenters. The minimum atomic E-state index is -0.366. The fourth-order valence-electron chi connectivity index (χ4n) is 1.61. The van der Waals surface area contributed by atoms with Crippen LogP contribution in [0.4, 0.5) is 5.82 Å². The Hall–Kier alpha value is -2.58. The van der Waals surface area contributed by atoms with Crippen LogP contribution < -0.4 is 10.1 Å². The molecule has 0 spiro atoms. The first-order valence-corrected chi connectivity index (χ1v) is 6.51. The van der Waals surface area contributed by atoms with Crippen molar-refractivity contribution in [3.8, 4) is 11.8 Å². The third kappa shape index (κ3) is 4.20. The molecule has 1 heterocycles. The summed E-state index contributed by atoms with van der Waals surface area (Å²) in [5, 5.41) is 12.0. The van der Waals surface area contributed by atoms with Crippen LogP contribution in [0.2, 0.25) is 5.02 Å². The van der Waals surface area contributed by atoms with Gasteiger partial charge in [-0.15, -0.1) is 0 Å². The van der Waals surface area contributed by atoms with Crippen molar-refractivity contribution in [1.29, 1.82) is 5.26 Å². The number of benzene rings is 1. The number of aryl methyl sites for hydroxylation is 1. The van der Waals surface area contributed by atoms with E-state index in [1.54, 1.807) is 24.3 Å². The van der Waals surface area contributed by atoms with Gasteiger partial charge in [-0.05, 0) is 36.8 Å². The van der Waals surface area contributed by atoms with E-state index in [4.69, 9.17) is 21.6 Å². The third-order valence-electron chi connectivity index (χ3n) is 2.61. The molecule has 0 fully saturated rings. The Kier molecular flexibility index (Phi) is 4.75. The van der Waals surface area contributed by atoms with Crippen molar-refractivity contribution in [1.82, 2.24) is 4.98 Å². The molecule has 0 aliphatic heterocycles. The molecular weight excluding hydrogens is 290 g/mol. The van der Waals surface area contributed by atoms with Gasteiger partial charge in [-0.1, -0.05) is 17.7 Å². The van der Waals surface area contributed by atoms with Gasteiger partial charge >= 0.3 is 0 Å². The monoisotopic (exact) mass is 301 g/mol. The van der Waals surface area contributed by atoms with Crippen LogP contribution in [0.1, 0.15) is 11.1 Å². The molecule has 2 aromatic rings. The smallest absolute Gasteiger partial charge is 0.263 e. The van der Waals surface area contributed by atoms with Crippen LogP contribution >= 0.6 is 11.6 Å². The van der Waals surface area contributed by atoms with Crippen LogP contribution in [0.5, 0.6) is 5.75 Å². The normalized spacial score (nSPS) is 9.76. The lowest BCUT2D eigenvalue weighted by Gasteiger charge is -2.09. The lowest BCUT2D eigenvalue weighted by atomic mass is 10.1. The summed E-state index contributed by atoms with van der Waals surface area (Å²) >= 11 is 5.71. The van der Waals surface area contributed by atoms with Crippen molar-refractivity contribution in [3.63, 3.8) is 0 Å². The van der Waals surface area contributed by atoms with Gasteiger partial charge in [0.15, 0.2) is 6.61 Å². The predicted octanol–water partition coefficient (Wildman–Crippen LogP) is 2.93. The molecule has 0 unspecified atom stereocenters. The number of carbonyl (C=O) groups is 1. The summed E-state index contributed by atoms with van der Waals surface area (Å²) < 4.78 is 5.38. The van der Waals surface area contributed by atoms with Crippen LogP contribution in [-0.2, 0) is 4.79 Å². The Bertz CT molecular complexity index is 693. The Morgan fingerprint density at radius 1 is 1.43 bits per heavy atom. The summed E-state index contributed by atoms with van der Waals surface area (Å²) in [6.07, 6.45) is 1.44. The zero-order valence-corrected chi connectivity index (χ0v) is 12.0. The highest BCUT2D eigenvalue weighted by atomic mass is 35.5. The second-order valence-electron chi connectivity index (χ2n) is 4.31. The van der Waals surface area contributed by atoms with Gasteiger partial charge in [-0.25, -0.2) is 4.98 Å². The van der Waals surface area contributed by atoms with Crippen molar-refractivity contribution in [3.05, 3.63) is 52.7 Å². The number of amides is 1. The zero-order chi connectivity index (χ0) is 15.2. The average molecular weight is 302 g/mol. The number of aromatic nitrogens is 1. The van der Waals surface area contributed by atoms with Gasteiger partial charge < -0.3 is 10.1 Å². The van der Waals surface area contributed by atoms with Gasteiger partial charge in [-0.2, -0.15) is 5.26 Å². The molecule has 0 radical (unpaired) electrons. The lowest BCUT2D eigenvalue weighted by molar-refractivity contribution is -0.118. The van der Waals surface area contributed by atoms with E-state index in [2.05, 4.69) is 10.3 Å². The average Bonchev–Trinajstić information content (AvgIpc) is 2.48. The molecule has 0 saturated heterocycles. The standard InChI is InChI=1S/C15H12ClN3O2/c1-10-2-3-11(7-17)13(6-10)21-9-15(20)19-14-5-4-12(16)8-18-14/h2-6,8H,9H2,1H3,(H,18,19,20). The predicted molar refractivity (Wildman–Crippen MR) is 79.3 cm³/mol. The molecule has 2 rings (SSSR count). The summed E-state index contributed by atoms with van der Waals surface area (Å²) in [5.74, 6) is 0.407. The molecule has 0 aliphatic carbocycles. The summed E-state index contributed by atoms with van der Waals surface area (Å²) in [4.78, 5) is 15.7. The van der Waals surface area contributed by atoms with Crippen LogP contribution in [0.25, 0.3) is 0 Å². The van der Waals surface area contributed by atoms with Crippen LogP contribution in [0, 0.1) is 18.3 Å². The number of pyridine rings is 1. The highest BCUT2D eigenvalue weighted by Gasteiger charge is 2.08. The van der Waals surface area contributed by atoms with E-state index in [1.807, 2.05) is 19.1 Å². The van der Waals surface area contributed by atoms with Crippen molar-refractivity contribution in [2.24, 2.45) is 0 Å². The van der Waals surface area contributed by atoms with E-state index in [0.717, 1.165) is 5.56 Å². The summed E-state index contributed by atoms with van der Waals surface area (Å²) in [6.45, 7) is 1.67. The fraction of sp³-hybridized carbons (Fsp3) is 0.133. The molecule has 1 aromatic heterocycles. The molecule has 0 aliphatic rings. The van der Waals surface area contributed by atoms with Gasteiger partial charge in [0.2, 0.25) is 0 Å². The fourth-order valence-corrected chi connectivity index (χ4v) is 1.73. The van der Waals surface area contributed by atoms with Crippen LogP contribution in [0.15, 0.2) is 36.5 Å². The highest BCUT2D eigenvalue weighted by molar-refractivity contribution is 6.30. The molecule has 1 amide bonds. The first kappa shape index (κ1) is 14.8. The highest BCUT2D eigenvalue weighted by Crippen LogP contribution is 2.19. The second-order valence-corrected chi connectivity index (χ2v) is 4.75. The number of hydrogen-bond donors (Lipinski definition) is 1. The van der Waals surface area contributed by atoms with E-state index in [-0.39, 0.29) is 12.5 Å². The van der Waals surface area contributed by atoms with E-state index < -0.39 is 0 Å². The van der Waals surface area contributed by atoms with Gasteiger partial charge in [-0.3, -0.25) is 4.79 Å². The molecule has 1 aromatic carbocycles. The van der Waals surface area contributed by atoms with E-state index in [9.17, 15) is 4.79 Å². The Labute approximate surface area is 127 Å². The maximum absolute atomic E-state index is 11.8. The number of halogens is 1. The first-order chi connectivity index (χ1) is 10.1. The largest absolute Gasteiger partial charge is 0.482 e. The molecule has 21 heavy (non-hydrogen) atoms. The maximum atomic E-state index is 11.8. The molecular formula is C15H12ClN3O2. The second kappa shape index (κ2) is 6.73. The number of ether oxygens (including phenoxy) is 1. The van der Waals surface area contributed by atoms with Crippen molar-refractivity contribution in [2.45, 2.75) is 6.92 Å². The molecule has 0 bridgehead atoms. The molecule has 1 N–H and O–H groups in total. The van der Waals surface area contributed by atoms with E-state index in [0.29, 0.717) is 22.2 Å². The Balaban J connectivity index is 1.97. The molecule has 106 valence electrons. The van der Waals surface area contributed by atoms with E-state index in [1.165, 1.54) is 6.20 Å². The summed E-state index contributed by atoms with van der Waals surface area (Å²) in [7, 11) is 0. The number of rotatable bonds is 4. The number of anilines is 1. The van der Waals surface area contributed by atoms with Crippen molar-refractivity contribution < 1.29 is 9.53 Å². The molecule has 0 saturated carbocycles. The Morgan fingerprint density at radius 3 is 2.90 bits per heavy atom. The van der Waals surface area contributed by atoms with Gasteiger partial charge in [0.25, 0.3) is 5.91 Å². The van der Waals surface area contributed by atoms with Crippen molar-refractivity contribution >= 4 is 23.3 Å². The number of nitrogens with one attached hydrogen (secondary N) is 1. The van der Waals surface area contributed by atoms with E-state index >= 15 is 0 Å². The SMILES string of the molecule is Cc1ccc(C#N)c(OCC(=O)Nc2ccc(Cl)cn2)c1. The van der Waals surface area contributed by atoms with Crippen LogP contribution in [0.3, 0.4) is 0 Å². The van der Waals surface area contributed by atoms with Gasteiger partial charge in [0, 0.05) is 6.20 Å². The topological polar surface area (TPSA) is 75.0 Å². The minimum Gasteiger partial charge on any atom is -0.482 e. The molecule has 6 heteroatoms. The number of hydrogen-bond acceptors (Lipinski definition) is 4. The maximum Gasteiger partial charge on any atom is 0.263 e. The van der Waals surface area contributed by atoms with Crippen molar-refractivity contribution in [2.75, 3.05) is 11.9 Å².